The van der Waals surface area contributed by atoms with Crippen LogP contribution >= 0.6 is 43.5 Å². The number of fused-ring (bicyclic) bond motifs is 4. The van der Waals surface area contributed by atoms with Gasteiger partial charge in [-0.25, -0.2) is 54.5 Å². The second-order valence-corrected chi connectivity index (χ2v) is 33.5. The molecule has 1 aliphatic heterocycles. The largest absolute Gasteiger partial charge is 0.491 e. The van der Waals surface area contributed by atoms with Gasteiger partial charge >= 0.3 is 0 Å². The summed E-state index contributed by atoms with van der Waals surface area (Å²) >= 11 is 13.2. The number of morpholine rings is 1. The van der Waals surface area contributed by atoms with Crippen molar-refractivity contribution in [1.82, 2.24) is 119 Å². The molecule has 0 amide bonds. The third-order valence-electron chi connectivity index (χ3n) is 21.1. The zero-order valence-corrected chi connectivity index (χ0v) is 76.8. The lowest BCUT2D eigenvalue weighted by Gasteiger charge is -2.31. The zero-order valence-electron chi connectivity index (χ0n) is 72.9. The number of aliphatic hydroxyl groups excluding tert-OH is 1. The van der Waals surface area contributed by atoms with E-state index in [0.717, 1.165) is 163 Å². The standard InChI is InChI=1S/C27H21N7O2.C26H22N10O.C24H25BrN6O.C20H17BrClN5O2/c1-34-15-21(13-31-34)23-9-20-12-30-27(32-22-6-2-5-19(8-22)26-14-29-17-36-26)33-24(20)10-25(23)35-16-18-4-3-7-28-11-18;1-35-14-20(11-31-35)23-8-19-10-30-26(33-21-4-2-3-18(7-21)13-36-17-28-16-32-36)34-24(19)9-25(23)37-15-22-12-27-5-6-29-22;1-16-13-31(5-6-32-16)14-17-7-18(20-12-27-30(2)15-20)10-22(8-17)28-24-26-11-19-9-21(25)3-4-23(19)29-24;1-27-11-14(10-24-27)12-5-16(8-17(6-12)29-3-2-28)25-20-23-9-13-4-15(21)7-18(22)19(13)26-20/h2-15,17H,16H2,1H3,(H,30,32,33);2-12,14,16-17H,13,15H2,1H3,(H,30,33,34);3-4,7-12,15-16H,5-6,13-14H2,1-2H3,(H,26,28,29);4-11,28H,2-3H2,1H3,(H,23,25,26). The predicted octanol–water partition coefficient (Wildman–Crippen LogP) is 18.5. The maximum absolute atomic E-state index is 9.08. The normalized spacial score (nSPS) is 12.5. The van der Waals surface area contributed by atoms with Gasteiger partial charge in [0.15, 0.2) is 12.2 Å². The van der Waals surface area contributed by atoms with E-state index in [1.807, 2.05) is 204 Å². The SMILES string of the molecule is CC1CN(Cc2cc(Nc3ncc4cc(Br)ccc4n3)cc(-c3cnn(C)c3)c2)CCO1.Cn1cc(-c2cc(Nc3ncc4cc(Br)cc(Cl)c4n3)cc(OCCO)c2)cn1.Cn1cc(-c2cc3cnc(Nc4cccc(-c5cnco5)c4)nc3cc2OCc2cccnc2)cn1.Cn1cc(-c2cc3cnc(Nc4cccc(Cn5cncn5)c4)nc3cc2OCc2cnccn2)cn1. The molecule has 0 spiro atoms. The molecule has 34 nitrogen and oxygen atoms in total. The number of ether oxygens (including phenoxy) is 4. The molecule has 0 bridgehead atoms. The van der Waals surface area contributed by atoms with Crippen LogP contribution < -0.4 is 35.5 Å². The van der Waals surface area contributed by atoms with Gasteiger partial charge in [-0.3, -0.25) is 38.6 Å². The predicted molar refractivity (Wildman–Crippen MR) is 519 cm³/mol. The van der Waals surface area contributed by atoms with Gasteiger partial charge in [0.1, 0.15) is 49.7 Å². The van der Waals surface area contributed by atoms with Crippen LogP contribution in [0.15, 0.2) is 296 Å². The molecule has 670 valence electrons. The van der Waals surface area contributed by atoms with Gasteiger partial charge in [-0.2, -0.15) is 25.5 Å². The average molecular weight is 1930 g/mol. The van der Waals surface area contributed by atoms with Crippen LogP contribution in [0.4, 0.5) is 46.5 Å². The molecule has 5 N–H and O–H groups in total. The third kappa shape index (κ3) is 23.0. The molecular formula is C97H85Br2ClN28O6. The van der Waals surface area contributed by atoms with E-state index < -0.39 is 0 Å². The van der Waals surface area contributed by atoms with Gasteiger partial charge in [0.2, 0.25) is 23.8 Å². The van der Waals surface area contributed by atoms with E-state index in [1.165, 1.54) is 18.3 Å². The van der Waals surface area contributed by atoms with Crippen LogP contribution in [0.3, 0.4) is 0 Å². The van der Waals surface area contributed by atoms with Crippen LogP contribution in [-0.2, 0) is 59.2 Å². The highest BCUT2D eigenvalue weighted by atomic mass is 79.9. The Balaban J connectivity index is 0.000000120. The minimum absolute atomic E-state index is 0.0677. The van der Waals surface area contributed by atoms with Gasteiger partial charge in [0, 0.05) is 238 Å². The minimum Gasteiger partial charge on any atom is -0.491 e. The minimum atomic E-state index is -0.0677. The Labute approximate surface area is 788 Å². The molecule has 134 heavy (non-hydrogen) atoms. The monoisotopic (exact) mass is 1930 g/mol. The fraction of sp³-hybridized carbons (Fsp3) is 0.155. The molecule has 21 rings (SSSR count). The highest BCUT2D eigenvalue weighted by Gasteiger charge is 2.21. The second kappa shape index (κ2) is 41.6. The van der Waals surface area contributed by atoms with Gasteiger partial charge in [-0.05, 0) is 132 Å². The highest BCUT2D eigenvalue weighted by Crippen LogP contribution is 2.39. The van der Waals surface area contributed by atoms with Gasteiger partial charge in [-0.1, -0.05) is 73.8 Å². The van der Waals surface area contributed by atoms with Gasteiger partial charge in [0.05, 0.1) is 95.8 Å². The smallest absolute Gasteiger partial charge is 0.227 e. The summed E-state index contributed by atoms with van der Waals surface area (Å²) in [6, 6.07) is 49.5. The molecule has 8 aromatic carbocycles. The van der Waals surface area contributed by atoms with Crippen LogP contribution in [0.2, 0.25) is 5.02 Å². The van der Waals surface area contributed by atoms with Crippen molar-refractivity contribution in [3.8, 4) is 73.1 Å². The van der Waals surface area contributed by atoms with Crippen molar-refractivity contribution in [2.45, 2.75) is 39.3 Å². The Kier molecular flexibility index (Phi) is 27.6. The molecule has 1 fully saturated rings. The lowest BCUT2D eigenvalue weighted by Crippen LogP contribution is -2.40. The van der Waals surface area contributed by atoms with Gasteiger partial charge < -0.3 is 49.7 Å². The Morgan fingerprint density at radius 2 is 1.04 bits per heavy atom. The lowest BCUT2D eigenvalue weighted by molar-refractivity contribution is -0.0212. The number of benzene rings is 8. The van der Waals surface area contributed by atoms with E-state index in [9.17, 15) is 0 Å². The van der Waals surface area contributed by atoms with Crippen LogP contribution in [0, 0.1) is 0 Å². The van der Waals surface area contributed by atoms with E-state index >= 15 is 0 Å². The number of anilines is 8. The van der Waals surface area contributed by atoms with E-state index in [4.69, 9.17) is 50.0 Å². The first-order valence-corrected chi connectivity index (χ1v) is 44.3. The number of oxazole rings is 1. The van der Waals surface area contributed by atoms with Crippen LogP contribution in [0.1, 0.15) is 29.3 Å². The maximum atomic E-state index is 9.08. The van der Waals surface area contributed by atoms with E-state index in [-0.39, 0.29) is 25.9 Å². The fourth-order valence-corrected chi connectivity index (χ4v) is 16.1. The molecular weight excluding hydrogens is 1850 g/mol. The van der Waals surface area contributed by atoms with Crippen molar-refractivity contribution >= 4 is 134 Å². The molecule has 0 radical (unpaired) electrons. The summed E-state index contributed by atoms with van der Waals surface area (Å²) in [6.45, 7) is 7.06. The number of aliphatic hydroxyl groups is 1. The third-order valence-corrected chi connectivity index (χ3v) is 22.3. The first kappa shape index (κ1) is 88.9. The molecule has 0 saturated carbocycles. The van der Waals surface area contributed by atoms with Crippen molar-refractivity contribution in [2.75, 3.05) is 54.2 Å². The van der Waals surface area contributed by atoms with Gasteiger partial charge in [0.25, 0.3) is 0 Å². The molecule has 13 heterocycles. The van der Waals surface area contributed by atoms with Crippen LogP contribution in [-0.4, -0.2) is 163 Å². The zero-order chi connectivity index (χ0) is 91.8. The summed E-state index contributed by atoms with van der Waals surface area (Å²) in [7, 11) is 7.56. The van der Waals surface area contributed by atoms with Crippen LogP contribution in [0.5, 0.6) is 17.2 Å². The number of aromatic nitrogens is 23. The van der Waals surface area contributed by atoms with Crippen molar-refractivity contribution in [3.63, 3.8) is 0 Å². The number of pyridine rings is 1. The topological polar surface area (TPSA) is 378 Å². The highest BCUT2D eigenvalue weighted by molar-refractivity contribution is 9.10. The Hall–Kier alpha value is -15.7. The summed E-state index contributed by atoms with van der Waals surface area (Å²) < 4.78 is 39.9. The number of hydrogen-bond acceptors (Lipinski definition) is 29. The summed E-state index contributed by atoms with van der Waals surface area (Å²) in [5.74, 6) is 4.64. The van der Waals surface area contributed by atoms with Crippen molar-refractivity contribution < 1.29 is 28.5 Å². The van der Waals surface area contributed by atoms with Gasteiger partial charge in [-0.15, -0.1) is 0 Å². The summed E-state index contributed by atoms with van der Waals surface area (Å²) in [6.07, 6.45) is 37.4. The molecule has 1 aliphatic rings. The number of nitrogens with one attached hydrogen (secondary N) is 4. The number of halogens is 3. The Morgan fingerprint density at radius 3 is 1.65 bits per heavy atom. The quantitative estimate of drug-likeness (QED) is 0.0336. The van der Waals surface area contributed by atoms with E-state index in [0.29, 0.717) is 70.5 Å². The molecule has 20 aromatic rings. The number of nitrogens with zero attached hydrogens (tertiary/aromatic N) is 24. The number of rotatable bonds is 26. The van der Waals surface area contributed by atoms with Crippen molar-refractivity contribution in [3.05, 3.63) is 319 Å². The maximum Gasteiger partial charge on any atom is 0.227 e. The van der Waals surface area contributed by atoms with E-state index in [1.54, 1.807) is 99.3 Å². The molecule has 37 heteroatoms. The van der Waals surface area contributed by atoms with E-state index in [2.05, 4.69) is 163 Å². The summed E-state index contributed by atoms with van der Waals surface area (Å²) in [5.41, 5.74) is 19.2. The molecule has 0 aliphatic carbocycles. The molecule has 1 unspecified atom stereocenters. The number of aryl methyl sites for hydroxylation is 4. The average Bonchev–Trinajstić information content (AvgIpc) is 1.17. The summed E-state index contributed by atoms with van der Waals surface area (Å²) in [4.78, 5) is 59.7. The Morgan fingerprint density at radius 1 is 0.455 bits per heavy atom. The first-order valence-electron chi connectivity index (χ1n) is 42.3. The molecule has 12 aromatic heterocycles. The van der Waals surface area contributed by atoms with Crippen molar-refractivity contribution in [1.29, 1.82) is 0 Å². The number of hydrogen-bond donors (Lipinski definition) is 5. The Bertz CT molecular complexity index is 7460. The summed E-state index contributed by atoms with van der Waals surface area (Å²) in [5, 5.41) is 47.8. The van der Waals surface area contributed by atoms with Crippen LogP contribution in [0.25, 0.3) is 99.4 Å². The second-order valence-electron chi connectivity index (χ2n) is 31.3. The molecule has 1 atom stereocenters. The lowest BCUT2D eigenvalue weighted by atomic mass is 10.0. The molecule has 1 saturated heterocycles. The first-order chi connectivity index (χ1) is 65.4. The fourth-order valence-electron chi connectivity index (χ4n) is 14.9. The van der Waals surface area contributed by atoms with Crippen molar-refractivity contribution in [2.24, 2.45) is 28.2 Å².